The molecule has 1 heterocycles. The maximum atomic E-state index is 4.22. The predicted octanol–water partition coefficient (Wildman–Crippen LogP) is 1.67. The Morgan fingerprint density at radius 2 is 2.36 bits per heavy atom. The van der Waals surface area contributed by atoms with Crippen LogP contribution in [0.3, 0.4) is 0 Å². The Morgan fingerprint density at radius 3 is 2.82 bits per heavy atom. The highest BCUT2D eigenvalue weighted by molar-refractivity contribution is 7.09. The normalized spacial score (nSPS) is 28.5. The van der Waals surface area contributed by atoms with E-state index in [9.17, 15) is 0 Å². The van der Waals surface area contributed by atoms with Crippen molar-refractivity contribution in [2.45, 2.75) is 26.3 Å². The summed E-state index contributed by atoms with van der Waals surface area (Å²) in [5, 5.41) is 4.30. The van der Waals surface area contributed by atoms with Crippen LogP contribution in [0.25, 0.3) is 0 Å². The molecule has 1 N–H and O–H groups in total. The first-order valence-electron chi connectivity index (χ1n) is 3.82. The van der Waals surface area contributed by atoms with Gasteiger partial charge in [-0.25, -0.2) is 4.98 Å². The smallest absolute Gasteiger partial charge is 0.202 e. The number of hydrogen-bond acceptors (Lipinski definition) is 4. The van der Waals surface area contributed by atoms with Crippen molar-refractivity contribution in [3.8, 4) is 0 Å². The summed E-state index contributed by atoms with van der Waals surface area (Å²) >= 11 is 1.45. The summed E-state index contributed by atoms with van der Waals surface area (Å²) in [6, 6.07) is 0.655. The van der Waals surface area contributed by atoms with Crippen LogP contribution in [-0.4, -0.2) is 15.4 Å². The molecule has 1 aromatic heterocycles. The van der Waals surface area contributed by atoms with Gasteiger partial charge in [0.1, 0.15) is 5.82 Å². The first-order valence-corrected chi connectivity index (χ1v) is 4.60. The van der Waals surface area contributed by atoms with Crippen molar-refractivity contribution in [3.63, 3.8) is 0 Å². The molecule has 1 aromatic rings. The van der Waals surface area contributed by atoms with Crippen LogP contribution in [-0.2, 0) is 0 Å². The second kappa shape index (κ2) is 2.44. The lowest BCUT2D eigenvalue weighted by Gasteiger charge is -1.95. The minimum atomic E-state index is 0.655. The van der Waals surface area contributed by atoms with Crippen molar-refractivity contribution < 1.29 is 0 Å². The number of aryl methyl sites for hydroxylation is 1. The fourth-order valence-electron chi connectivity index (χ4n) is 1.04. The molecule has 0 radical (unpaired) electrons. The monoisotopic (exact) mass is 169 g/mol. The molecule has 11 heavy (non-hydrogen) atoms. The molecule has 0 spiro atoms. The number of aromatic nitrogens is 2. The van der Waals surface area contributed by atoms with E-state index < -0.39 is 0 Å². The van der Waals surface area contributed by atoms with Gasteiger partial charge in [0.25, 0.3) is 0 Å². The van der Waals surface area contributed by atoms with Gasteiger partial charge < -0.3 is 5.32 Å². The molecule has 1 aliphatic rings. The molecule has 1 fully saturated rings. The van der Waals surface area contributed by atoms with Crippen LogP contribution < -0.4 is 5.32 Å². The van der Waals surface area contributed by atoms with E-state index in [2.05, 4.69) is 21.6 Å². The van der Waals surface area contributed by atoms with Crippen molar-refractivity contribution in [2.24, 2.45) is 5.92 Å². The minimum absolute atomic E-state index is 0.655. The maximum absolute atomic E-state index is 4.22. The molecule has 0 bridgehead atoms. The molecule has 2 atom stereocenters. The van der Waals surface area contributed by atoms with Crippen molar-refractivity contribution in [1.29, 1.82) is 0 Å². The lowest BCUT2D eigenvalue weighted by Crippen LogP contribution is -2.02. The average molecular weight is 169 g/mol. The number of hydrogen-bond donors (Lipinski definition) is 1. The molecule has 0 saturated heterocycles. The van der Waals surface area contributed by atoms with Gasteiger partial charge in [-0.3, -0.25) is 0 Å². The highest BCUT2D eigenvalue weighted by atomic mass is 32.1. The number of nitrogens with zero attached hydrogens (tertiary/aromatic N) is 2. The first kappa shape index (κ1) is 7.03. The molecule has 0 aliphatic heterocycles. The van der Waals surface area contributed by atoms with Crippen LogP contribution in [0.2, 0.25) is 0 Å². The third kappa shape index (κ3) is 1.50. The first-order chi connectivity index (χ1) is 5.25. The Kier molecular flexibility index (Phi) is 1.56. The van der Waals surface area contributed by atoms with Crippen LogP contribution in [0.15, 0.2) is 0 Å². The van der Waals surface area contributed by atoms with Gasteiger partial charge >= 0.3 is 0 Å². The van der Waals surface area contributed by atoms with Crippen LogP contribution in [0.1, 0.15) is 19.2 Å². The number of rotatable bonds is 2. The molecule has 4 heteroatoms. The zero-order valence-corrected chi connectivity index (χ0v) is 7.48. The lowest BCUT2D eigenvalue weighted by atomic mass is 10.5. The average Bonchev–Trinajstić information content (AvgIpc) is 2.42. The van der Waals surface area contributed by atoms with Gasteiger partial charge in [-0.05, 0) is 19.3 Å². The summed E-state index contributed by atoms with van der Waals surface area (Å²) in [5.74, 6) is 1.69. The zero-order valence-electron chi connectivity index (χ0n) is 6.66. The van der Waals surface area contributed by atoms with Crippen LogP contribution >= 0.6 is 11.5 Å². The number of nitrogens with one attached hydrogen (secondary N) is 1. The molecule has 0 aromatic carbocycles. The molecule has 1 saturated carbocycles. The van der Waals surface area contributed by atoms with Gasteiger partial charge in [0.2, 0.25) is 5.13 Å². The molecular weight excluding hydrogens is 158 g/mol. The fourth-order valence-corrected chi connectivity index (χ4v) is 1.67. The van der Waals surface area contributed by atoms with Crippen molar-refractivity contribution in [1.82, 2.24) is 9.36 Å². The summed E-state index contributed by atoms with van der Waals surface area (Å²) in [5.41, 5.74) is 0. The van der Waals surface area contributed by atoms with Crippen LogP contribution in [0.4, 0.5) is 5.13 Å². The largest absolute Gasteiger partial charge is 0.357 e. The van der Waals surface area contributed by atoms with E-state index in [0.717, 1.165) is 16.9 Å². The standard InChI is InChI=1S/C7H11N3S/c1-4-3-6(4)9-7-8-5(2)10-11-7/h4,6H,3H2,1-2H3,(H,8,9,10). The summed E-state index contributed by atoms with van der Waals surface area (Å²) in [4.78, 5) is 4.22. The Balaban J connectivity index is 1.96. The van der Waals surface area contributed by atoms with Crippen LogP contribution in [0.5, 0.6) is 0 Å². The molecule has 0 amide bonds. The Bertz CT molecular complexity index is 258. The Labute approximate surface area is 70.0 Å². The second-order valence-electron chi connectivity index (χ2n) is 3.11. The van der Waals surface area contributed by atoms with E-state index in [4.69, 9.17) is 0 Å². The van der Waals surface area contributed by atoms with Gasteiger partial charge in [-0.1, -0.05) is 6.92 Å². The maximum Gasteiger partial charge on any atom is 0.202 e. The minimum Gasteiger partial charge on any atom is -0.357 e. The van der Waals surface area contributed by atoms with E-state index in [0.29, 0.717) is 6.04 Å². The molecule has 1 aliphatic carbocycles. The second-order valence-corrected chi connectivity index (χ2v) is 3.86. The molecule has 60 valence electrons. The summed E-state index contributed by atoms with van der Waals surface area (Å²) < 4.78 is 4.09. The van der Waals surface area contributed by atoms with Gasteiger partial charge in [-0.15, -0.1) is 0 Å². The van der Waals surface area contributed by atoms with Gasteiger partial charge in [-0.2, -0.15) is 4.37 Å². The van der Waals surface area contributed by atoms with E-state index in [1.54, 1.807) is 0 Å². The summed E-state index contributed by atoms with van der Waals surface area (Å²) in [6.07, 6.45) is 1.28. The van der Waals surface area contributed by atoms with Crippen molar-refractivity contribution in [3.05, 3.63) is 5.82 Å². The third-order valence-electron chi connectivity index (χ3n) is 1.95. The van der Waals surface area contributed by atoms with Gasteiger partial charge in [0.15, 0.2) is 0 Å². The van der Waals surface area contributed by atoms with E-state index in [1.165, 1.54) is 18.0 Å². The van der Waals surface area contributed by atoms with Crippen molar-refractivity contribution >= 4 is 16.7 Å². The molecule has 2 unspecified atom stereocenters. The summed E-state index contributed by atoms with van der Waals surface area (Å²) in [7, 11) is 0. The highest BCUT2D eigenvalue weighted by Crippen LogP contribution is 2.32. The number of anilines is 1. The van der Waals surface area contributed by atoms with E-state index in [-0.39, 0.29) is 0 Å². The highest BCUT2D eigenvalue weighted by Gasteiger charge is 2.32. The third-order valence-corrected chi connectivity index (χ3v) is 2.68. The van der Waals surface area contributed by atoms with Gasteiger partial charge in [0.05, 0.1) is 0 Å². The summed E-state index contributed by atoms with van der Waals surface area (Å²) in [6.45, 7) is 4.16. The SMILES string of the molecule is Cc1nsc(NC2CC2C)n1. The predicted molar refractivity (Wildman–Crippen MR) is 45.8 cm³/mol. The van der Waals surface area contributed by atoms with Crippen LogP contribution in [0, 0.1) is 12.8 Å². The van der Waals surface area contributed by atoms with Gasteiger partial charge in [0, 0.05) is 17.6 Å². The molecule has 2 rings (SSSR count). The lowest BCUT2D eigenvalue weighted by molar-refractivity contribution is 0.926. The fraction of sp³-hybridized carbons (Fsp3) is 0.714. The quantitative estimate of drug-likeness (QED) is 0.731. The zero-order chi connectivity index (χ0) is 7.84. The molecular formula is C7H11N3S. The molecule has 3 nitrogen and oxygen atoms in total. The van der Waals surface area contributed by atoms with E-state index in [1.807, 2.05) is 6.92 Å². The Hall–Kier alpha value is -0.640. The Morgan fingerprint density at radius 1 is 1.64 bits per heavy atom. The topological polar surface area (TPSA) is 37.8 Å². The van der Waals surface area contributed by atoms with Crippen molar-refractivity contribution in [2.75, 3.05) is 5.32 Å². The van der Waals surface area contributed by atoms with E-state index >= 15 is 0 Å².